The predicted octanol–water partition coefficient (Wildman–Crippen LogP) is 3.36. The average Bonchev–Trinajstić information content (AvgIpc) is 2.71. The van der Waals surface area contributed by atoms with Gasteiger partial charge in [-0.05, 0) is 38.3 Å². The second-order valence-electron chi connectivity index (χ2n) is 6.91. The minimum Gasteiger partial charge on any atom is -0.378 e. The van der Waals surface area contributed by atoms with E-state index >= 15 is 0 Å². The van der Waals surface area contributed by atoms with Crippen molar-refractivity contribution in [3.63, 3.8) is 0 Å². The van der Waals surface area contributed by atoms with Gasteiger partial charge in [0.15, 0.2) is 5.96 Å². The number of aliphatic imine (C=N–C) groups is 1. The van der Waals surface area contributed by atoms with Gasteiger partial charge in [-0.3, -0.25) is 9.79 Å². The largest absolute Gasteiger partial charge is 0.378 e. The van der Waals surface area contributed by atoms with Crippen LogP contribution in [-0.2, 0) is 4.74 Å². The number of amides is 1. The zero-order valence-corrected chi connectivity index (χ0v) is 17.6. The van der Waals surface area contributed by atoms with Crippen molar-refractivity contribution in [2.45, 2.75) is 51.6 Å². The fraction of sp³-hybridized carbons (Fsp3) is 0.619. The molecule has 1 saturated carbocycles. The van der Waals surface area contributed by atoms with Crippen molar-refractivity contribution in [3.8, 4) is 0 Å². The molecule has 0 atom stereocenters. The van der Waals surface area contributed by atoms with Crippen LogP contribution in [0.2, 0.25) is 5.02 Å². The number of carbonyl (C=O) groups is 1. The maximum atomic E-state index is 12.1. The van der Waals surface area contributed by atoms with Crippen molar-refractivity contribution < 1.29 is 9.53 Å². The molecular weight excluding hydrogens is 376 g/mol. The van der Waals surface area contributed by atoms with Gasteiger partial charge >= 0.3 is 0 Å². The highest BCUT2D eigenvalue weighted by atomic mass is 35.5. The molecule has 3 N–H and O–H groups in total. The standard InChI is InChI=1S/C21H33ClN4O2/c1-2-23-21(25-13-8-16-28-17-9-4-3-5-10-17)26-15-14-24-20(27)18-11-6-7-12-19(18)22/h6-7,11-12,17H,2-5,8-10,13-16H2,1H3,(H,24,27)(H2,23,25,26). The third-order valence-electron chi connectivity index (χ3n) is 4.64. The normalized spacial score (nSPS) is 15.3. The van der Waals surface area contributed by atoms with E-state index < -0.39 is 0 Å². The van der Waals surface area contributed by atoms with Gasteiger partial charge in [-0.2, -0.15) is 0 Å². The van der Waals surface area contributed by atoms with Crippen LogP contribution in [0.5, 0.6) is 0 Å². The second-order valence-corrected chi connectivity index (χ2v) is 7.31. The van der Waals surface area contributed by atoms with E-state index in [0.29, 0.717) is 36.3 Å². The summed E-state index contributed by atoms with van der Waals surface area (Å²) < 4.78 is 5.93. The molecule has 1 aliphatic carbocycles. The summed E-state index contributed by atoms with van der Waals surface area (Å²) >= 11 is 6.04. The third-order valence-corrected chi connectivity index (χ3v) is 4.97. The lowest BCUT2D eigenvalue weighted by Crippen LogP contribution is -2.41. The van der Waals surface area contributed by atoms with Crippen LogP contribution in [0.3, 0.4) is 0 Å². The summed E-state index contributed by atoms with van der Waals surface area (Å²) in [5.74, 6) is 0.585. The average molecular weight is 409 g/mol. The van der Waals surface area contributed by atoms with Crippen LogP contribution < -0.4 is 16.0 Å². The van der Waals surface area contributed by atoms with Crippen LogP contribution in [0.25, 0.3) is 0 Å². The van der Waals surface area contributed by atoms with Gasteiger partial charge in [0.05, 0.1) is 16.7 Å². The SMILES string of the molecule is CCNC(=NCCCOC1CCCCC1)NCCNC(=O)c1ccccc1Cl. The Balaban J connectivity index is 1.62. The van der Waals surface area contributed by atoms with Crippen LogP contribution in [0.4, 0.5) is 0 Å². The van der Waals surface area contributed by atoms with Gasteiger partial charge in [-0.25, -0.2) is 0 Å². The van der Waals surface area contributed by atoms with Crippen LogP contribution in [0, 0.1) is 0 Å². The highest BCUT2D eigenvalue weighted by Gasteiger charge is 2.13. The zero-order chi connectivity index (χ0) is 20.0. The van der Waals surface area contributed by atoms with Crippen molar-refractivity contribution in [1.82, 2.24) is 16.0 Å². The first-order valence-corrected chi connectivity index (χ1v) is 10.7. The van der Waals surface area contributed by atoms with E-state index in [1.54, 1.807) is 24.3 Å². The number of rotatable bonds is 10. The van der Waals surface area contributed by atoms with Gasteiger partial charge in [0.25, 0.3) is 5.91 Å². The molecule has 0 radical (unpaired) electrons. The van der Waals surface area contributed by atoms with Crippen molar-refractivity contribution in [3.05, 3.63) is 34.9 Å². The Morgan fingerprint density at radius 2 is 1.89 bits per heavy atom. The number of hydrogen-bond acceptors (Lipinski definition) is 3. The van der Waals surface area contributed by atoms with E-state index in [4.69, 9.17) is 16.3 Å². The third kappa shape index (κ3) is 8.48. The van der Waals surface area contributed by atoms with Gasteiger partial charge in [-0.15, -0.1) is 0 Å². The lowest BCUT2D eigenvalue weighted by atomic mass is 9.98. The molecule has 1 aromatic rings. The number of hydrogen-bond donors (Lipinski definition) is 3. The summed E-state index contributed by atoms with van der Waals surface area (Å²) in [6.45, 7) is 5.37. The molecule has 0 aliphatic heterocycles. The van der Waals surface area contributed by atoms with Gasteiger partial charge < -0.3 is 20.7 Å². The first-order valence-electron chi connectivity index (χ1n) is 10.4. The van der Waals surface area contributed by atoms with Crippen LogP contribution in [-0.4, -0.2) is 50.8 Å². The number of nitrogens with zero attached hydrogens (tertiary/aromatic N) is 1. The molecule has 28 heavy (non-hydrogen) atoms. The zero-order valence-electron chi connectivity index (χ0n) is 16.8. The van der Waals surface area contributed by atoms with E-state index in [-0.39, 0.29) is 5.91 Å². The summed E-state index contributed by atoms with van der Waals surface area (Å²) in [4.78, 5) is 16.7. The number of guanidine groups is 1. The van der Waals surface area contributed by atoms with Gasteiger partial charge in [-0.1, -0.05) is 43.0 Å². The Bertz CT molecular complexity index is 618. The summed E-state index contributed by atoms with van der Waals surface area (Å²) in [7, 11) is 0. The van der Waals surface area contributed by atoms with Crippen LogP contribution in [0.15, 0.2) is 29.3 Å². The minimum absolute atomic E-state index is 0.172. The maximum absolute atomic E-state index is 12.1. The van der Waals surface area contributed by atoms with E-state index in [2.05, 4.69) is 20.9 Å². The first kappa shape index (κ1) is 22.5. The minimum atomic E-state index is -0.172. The Hall–Kier alpha value is -1.79. The highest BCUT2D eigenvalue weighted by Crippen LogP contribution is 2.20. The summed E-state index contributed by atoms with van der Waals surface area (Å²) in [5.41, 5.74) is 0.489. The molecule has 1 fully saturated rings. The Labute approximate surface area is 173 Å². The molecule has 1 aromatic carbocycles. The quantitative estimate of drug-likeness (QED) is 0.315. The van der Waals surface area contributed by atoms with Crippen LogP contribution >= 0.6 is 11.6 Å². The maximum Gasteiger partial charge on any atom is 0.252 e. The Kier molecular flexibility index (Phi) is 10.8. The molecule has 0 bridgehead atoms. The Morgan fingerprint density at radius 3 is 2.64 bits per heavy atom. The molecular formula is C21H33ClN4O2. The van der Waals surface area contributed by atoms with E-state index in [9.17, 15) is 4.79 Å². The lowest BCUT2D eigenvalue weighted by Gasteiger charge is -2.21. The Morgan fingerprint density at radius 1 is 1.14 bits per heavy atom. The number of carbonyl (C=O) groups excluding carboxylic acids is 1. The first-order chi connectivity index (χ1) is 13.7. The molecule has 156 valence electrons. The molecule has 6 nitrogen and oxygen atoms in total. The lowest BCUT2D eigenvalue weighted by molar-refractivity contribution is 0.0281. The summed E-state index contributed by atoms with van der Waals surface area (Å²) in [5, 5.41) is 9.77. The molecule has 1 amide bonds. The summed E-state index contributed by atoms with van der Waals surface area (Å²) in [6, 6.07) is 7.03. The summed E-state index contributed by atoms with van der Waals surface area (Å²) in [6.07, 6.45) is 7.71. The number of benzene rings is 1. The predicted molar refractivity (Wildman–Crippen MR) is 115 cm³/mol. The fourth-order valence-corrected chi connectivity index (χ4v) is 3.40. The topological polar surface area (TPSA) is 74.8 Å². The van der Waals surface area contributed by atoms with Gasteiger partial charge in [0.1, 0.15) is 0 Å². The molecule has 2 rings (SSSR count). The number of nitrogens with one attached hydrogen (secondary N) is 3. The molecule has 0 spiro atoms. The van der Waals surface area contributed by atoms with Gasteiger partial charge in [0, 0.05) is 32.8 Å². The molecule has 0 saturated heterocycles. The van der Waals surface area contributed by atoms with Crippen molar-refractivity contribution in [1.29, 1.82) is 0 Å². The number of halogens is 1. The monoisotopic (exact) mass is 408 g/mol. The van der Waals surface area contributed by atoms with Crippen molar-refractivity contribution in [2.75, 3.05) is 32.8 Å². The molecule has 1 aliphatic rings. The van der Waals surface area contributed by atoms with E-state index in [0.717, 1.165) is 25.5 Å². The highest BCUT2D eigenvalue weighted by molar-refractivity contribution is 6.33. The molecule has 0 heterocycles. The molecule has 0 unspecified atom stereocenters. The van der Waals surface area contributed by atoms with Crippen molar-refractivity contribution >= 4 is 23.5 Å². The van der Waals surface area contributed by atoms with E-state index in [1.807, 2.05) is 6.92 Å². The van der Waals surface area contributed by atoms with E-state index in [1.165, 1.54) is 32.1 Å². The van der Waals surface area contributed by atoms with Crippen LogP contribution in [0.1, 0.15) is 55.8 Å². The second kappa shape index (κ2) is 13.4. The fourth-order valence-electron chi connectivity index (χ4n) is 3.18. The smallest absolute Gasteiger partial charge is 0.252 e. The number of ether oxygens (including phenoxy) is 1. The van der Waals surface area contributed by atoms with Gasteiger partial charge in [0.2, 0.25) is 0 Å². The molecule has 0 aromatic heterocycles. The van der Waals surface area contributed by atoms with Crippen molar-refractivity contribution in [2.24, 2.45) is 4.99 Å². The molecule has 7 heteroatoms.